The Balaban J connectivity index is 2.48. The van der Waals surface area contributed by atoms with Gasteiger partial charge in [-0.25, -0.2) is 9.59 Å². The van der Waals surface area contributed by atoms with Gasteiger partial charge in [-0.3, -0.25) is 0 Å². The zero-order chi connectivity index (χ0) is 11.3. The van der Waals surface area contributed by atoms with Crippen LogP contribution in [0.5, 0.6) is 0 Å². The molecule has 1 aliphatic rings. The van der Waals surface area contributed by atoms with Gasteiger partial charge in [0.15, 0.2) is 6.10 Å². The van der Waals surface area contributed by atoms with E-state index in [1.54, 1.807) is 0 Å². The molecule has 2 N–H and O–H groups in total. The van der Waals surface area contributed by atoms with Crippen LogP contribution in [0.1, 0.15) is 32.1 Å². The maximum absolute atomic E-state index is 10.9. The lowest BCUT2D eigenvalue weighted by molar-refractivity contribution is -0.160. The Kier molecular flexibility index (Phi) is 4.55. The van der Waals surface area contributed by atoms with Crippen molar-refractivity contribution in [2.24, 2.45) is 5.92 Å². The Morgan fingerprint density at radius 1 is 1.20 bits per heavy atom. The minimum Gasteiger partial charge on any atom is -0.480 e. The third-order valence-corrected chi connectivity index (χ3v) is 2.71. The average Bonchev–Trinajstić information content (AvgIpc) is 2.18. The molecule has 5 heteroatoms. The van der Waals surface area contributed by atoms with Gasteiger partial charge < -0.3 is 14.9 Å². The zero-order valence-electron chi connectivity index (χ0n) is 8.52. The van der Waals surface area contributed by atoms with Crippen LogP contribution < -0.4 is 0 Å². The lowest BCUT2D eigenvalue weighted by atomic mass is 9.85. The number of ether oxygens (including phenoxy) is 1. The molecule has 0 bridgehead atoms. The summed E-state index contributed by atoms with van der Waals surface area (Å²) in [5.41, 5.74) is 0. The summed E-state index contributed by atoms with van der Waals surface area (Å²) >= 11 is 0. The number of hydrogen-bond acceptors (Lipinski definition) is 3. The maximum Gasteiger partial charge on any atom is 0.333 e. The first-order valence-electron chi connectivity index (χ1n) is 5.17. The molecule has 1 atom stereocenters. The van der Waals surface area contributed by atoms with E-state index >= 15 is 0 Å². The number of carbonyl (C=O) groups is 2. The van der Waals surface area contributed by atoms with Gasteiger partial charge in [0.1, 0.15) is 6.61 Å². The molecule has 0 aliphatic heterocycles. The zero-order valence-corrected chi connectivity index (χ0v) is 8.52. The molecule has 0 saturated heterocycles. The summed E-state index contributed by atoms with van der Waals surface area (Å²) in [4.78, 5) is 21.2. The number of rotatable bonds is 5. The summed E-state index contributed by atoms with van der Waals surface area (Å²) in [5, 5.41) is 17.3. The Morgan fingerprint density at radius 3 is 2.27 bits per heavy atom. The standard InChI is InChI=1S/C10H16O5/c11-8(12)6-15-9(10(13)14)7-4-2-1-3-5-7/h7,9H,1-6H2,(H,11,12)(H,13,14). The fourth-order valence-corrected chi connectivity index (χ4v) is 2.01. The van der Waals surface area contributed by atoms with Crippen molar-refractivity contribution in [1.29, 1.82) is 0 Å². The van der Waals surface area contributed by atoms with Crippen LogP contribution in [0, 0.1) is 5.92 Å². The molecule has 1 saturated carbocycles. The summed E-state index contributed by atoms with van der Waals surface area (Å²) in [6, 6.07) is 0. The van der Waals surface area contributed by atoms with Gasteiger partial charge >= 0.3 is 11.9 Å². The Morgan fingerprint density at radius 2 is 1.80 bits per heavy atom. The summed E-state index contributed by atoms with van der Waals surface area (Å²) in [6.45, 7) is -0.534. The third kappa shape index (κ3) is 3.87. The van der Waals surface area contributed by atoms with E-state index in [1.807, 2.05) is 0 Å². The molecular formula is C10H16O5. The van der Waals surface area contributed by atoms with E-state index in [0.29, 0.717) is 0 Å². The molecule has 1 rings (SSSR count). The van der Waals surface area contributed by atoms with Gasteiger partial charge in [0, 0.05) is 0 Å². The van der Waals surface area contributed by atoms with E-state index in [2.05, 4.69) is 0 Å². The van der Waals surface area contributed by atoms with E-state index in [-0.39, 0.29) is 5.92 Å². The lowest BCUT2D eigenvalue weighted by Gasteiger charge is -2.26. The van der Waals surface area contributed by atoms with Gasteiger partial charge in [0.2, 0.25) is 0 Å². The van der Waals surface area contributed by atoms with E-state index in [4.69, 9.17) is 14.9 Å². The molecule has 0 spiro atoms. The van der Waals surface area contributed by atoms with Crippen LogP contribution in [0.15, 0.2) is 0 Å². The fourth-order valence-electron chi connectivity index (χ4n) is 2.01. The van der Waals surface area contributed by atoms with Crippen molar-refractivity contribution in [2.75, 3.05) is 6.61 Å². The van der Waals surface area contributed by atoms with Gasteiger partial charge in [-0.05, 0) is 18.8 Å². The number of carboxylic acid groups (broad SMARTS) is 2. The highest BCUT2D eigenvalue weighted by atomic mass is 16.5. The summed E-state index contributed by atoms with van der Waals surface area (Å²) in [5.74, 6) is -2.21. The molecule has 0 amide bonds. The van der Waals surface area contributed by atoms with Gasteiger partial charge in [0.05, 0.1) is 0 Å². The topological polar surface area (TPSA) is 83.8 Å². The van der Waals surface area contributed by atoms with Crippen molar-refractivity contribution in [1.82, 2.24) is 0 Å². The number of hydrogen-bond donors (Lipinski definition) is 2. The van der Waals surface area contributed by atoms with Crippen molar-refractivity contribution < 1.29 is 24.5 Å². The van der Waals surface area contributed by atoms with Gasteiger partial charge in [-0.2, -0.15) is 0 Å². The van der Waals surface area contributed by atoms with Crippen LogP contribution in [-0.2, 0) is 14.3 Å². The van der Waals surface area contributed by atoms with Crippen molar-refractivity contribution >= 4 is 11.9 Å². The highest BCUT2D eigenvalue weighted by Gasteiger charge is 2.30. The molecule has 1 aliphatic carbocycles. The number of aliphatic carboxylic acids is 2. The Labute approximate surface area is 88.0 Å². The number of carboxylic acids is 2. The van der Waals surface area contributed by atoms with E-state index in [1.165, 1.54) is 0 Å². The monoisotopic (exact) mass is 216 g/mol. The smallest absolute Gasteiger partial charge is 0.333 e. The highest BCUT2D eigenvalue weighted by molar-refractivity contribution is 5.74. The van der Waals surface area contributed by atoms with Gasteiger partial charge in [0.25, 0.3) is 0 Å². The van der Waals surface area contributed by atoms with Crippen molar-refractivity contribution in [2.45, 2.75) is 38.2 Å². The maximum atomic E-state index is 10.9. The minimum atomic E-state index is -1.13. The second-order valence-electron chi connectivity index (χ2n) is 3.86. The largest absolute Gasteiger partial charge is 0.480 e. The summed E-state index contributed by atoms with van der Waals surface area (Å²) < 4.78 is 4.91. The third-order valence-electron chi connectivity index (χ3n) is 2.71. The predicted octanol–water partition coefficient (Wildman–Crippen LogP) is 1.12. The van der Waals surface area contributed by atoms with Crippen LogP contribution in [0.25, 0.3) is 0 Å². The fraction of sp³-hybridized carbons (Fsp3) is 0.800. The Bertz CT molecular complexity index is 232. The second kappa shape index (κ2) is 5.70. The molecule has 0 radical (unpaired) electrons. The minimum absolute atomic E-state index is 0.0319. The molecule has 1 unspecified atom stereocenters. The van der Waals surface area contributed by atoms with E-state index < -0.39 is 24.6 Å². The van der Waals surface area contributed by atoms with Crippen LogP contribution in [0.2, 0.25) is 0 Å². The van der Waals surface area contributed by atoms with Crippen LogP contribution in [0.4, 0.5) is 0 Å². The van der Waals surface area contributed by atoms with Crippen LogP contribution in [0.3, 0.4) is 0 Å². The van der Waals surface area contributed by atoms with Crippen molar-refractivity contribution in [3.05, 3.63) is 0 Å². The second-order valence-corrected chi connectivity index (χ2v) is 3.86. The van der Waals surface area contributed by atoms with Crippen molar-refractivity contribution in [3.63, 3.8) is 0 Å². The molecular weight excluding hydrogens is 200 g/mol. The molecule has 86 valence electrons. The van der Waals surface area contributed by atoms with Crippen LogP contribution in [-0.4, -0.2) is 34.9 Å². The quantitative estimate of drug-likeness (QED) is 0.719. The summed E-state index contributed by atoms with van der Waals surface area (Å²) in [6.07, 6.45) is 3.81. The van der Waals surface area contributed by atoms with Gasteiger partial charge in [-0.1, -0.05) is 19.3 Å². The van der Waals surface area contributed by atoms with E-state index in [0.717, 1.165) is 32.1 Å². The summed E-state index contributed by atoms with van der Waals surface area (Å²) in [7, 11) is 0. The van der Waals surface area contributed by atoms with Gasteiger partial charge in [-0.15, -0.1) is 0 Å². The normalized spacial score (nSPS) is 19.7. The highest BCUT2D eigenvalue weighted by Crippen LogP contribution is 2.28. The van der Waals surface area contributed by atoms with Crippen LogP contribution >= 0.6 is 0 Å². The first-order chi connectivity index (χ1) is 7.11. The average molecular weight is 216 g/mol. The molecule has 15 heavy (non-hydrogen) atoms. The Hall–Kier alpha value is -1.10. The van der Waals surface area contributed by atoms with E-state index in [9.17, 15) is 9.59 Å². The molecule has 1 fully saturated rings. The van der Waals surface area contributed by atoms with Crippen molar-refractivity contribution in [3.8, 4) is 0 Å². The molecule has 0 heterocycles. The SMILES string of the molecule is O=C(O)COC(C(=O)O)C1CCCCC1. The predicted molar refractivity (Wildman–Crippen MR) is 51.6 cm³/mol. The first-order valence-corrected chi connectivity index (χ1v) is 5.17. The first kappa shape index (κ1) is 12.0. The molecule has 0 aromatic carbocycles. The lowest BCUT2D eigenvalue weighted by Crippen LogP contribution is -2.35. The molecule has 5 nitrogen and oxygen atoms in total. The molecule has 0 aromatic heterocycles. The molecule has 0 aromatic rings.